The normalized spacial score (nSPS) is 14.0. The molecule has 1 aliphatic heterocycles. The Bertz CT molecular complexity index is 1470. The minimum absolute atomic E-state index is 0.0740. The number of rotatable bonds is 8. The van der Waals surface area contributed by atoms with Crippen LogP contribution in [0.3, 0.4) is 0 Å². The van der Waals surface area contributed by atoms with E-state index in [0.29, 0.717) is 28.5 Å². The molecule has 5 nitrogen and oxygen atoms in total. The van der Waals surface area contributed by atoms with Gasteiger partial charge in [0.25, 0.3) is 0 Å². The minimum Gasteiger partial charge on any atom is -0.492 e. The molecule has 3 aromatic carbocycles. The fourth-order valence-corrected chi connectivity index (χ4v) is 6.51. The number of hydrogen-bond acceptors (Lipinski definition) is 6. The third kappa shape index (κ3) is 5.93. The van der Waals surface area contributed by atoms with Gasteiger partial charge in [0.1, 0.15) is 18.1 Å². The molecule has 4 aromatic rings. The average molecular weight is 548 g/mol. The smallest absolute Gasteiger partial charge is 0.308 e. The molecule has 1 aromatic heterocycles. The lowest BCUT2D eigenvalue weighted by Gasteiger charge is -2.26. The van der Waals surface area contributed by atoms with Crippen LogP contribution in [0.2, 0.25) is 5.02 Å². The molecule has 0 N–H and O–H groups in total. The van der Waals surface area contributed by atoms with E-state index in [1.165, 1.54) is 37.5 Å². The number of benzene rings is 3. The predicted octanol–water partition coefficient (Wildman–Crippen LogP) is 7.55. The van der Waals surface area contributed by atoms with E-state index in [1.54, 1.807) is 18.2 Å². The fraction of sp³-hybridized carbons (Fsp3) is 0.290. The highest BCUT2D eigenvalue weighted by atomic mass is 35.5. The van der Waals surface area contributed by atoms with Crippen LogP contribution in [-0.2, 0) is 4.79 Å². The van der Waals surface area contributed by atoms with Crippen LogP contribution in [0.1, 0.15) is 47.7 Å². The number of likely N-dealkylation sites (tertiary alicyclic amines) is 1. The molecule has 0 amide bonds. The first-order valence-corrected chi connectivity index (χ1v) is 14.1. The van der Waals surface area contributed by atoms with E-state index in [2.05, 4.69) is 11.0 Å². The number of thiophene rings is 1. The summed E-state index contributed by atoms with van der Waals surface area (Å²) in [6.45, 7) is 7.21. The third-order valence-corrected chi connectivity index (χ3v) is 8.26. The number of ether oxygens (including phenoxy) is 2. The average Bonchev–Trinajstić information content (AvgIpc) is 3.27. The number of halogens is 1. The number of hydrogen-bond donors (Lipinski definition) is 0. The number of esters is 1. The van der Waals surface area contributed by atoms with Gasteiger partial charge in [0, 0.05) is 51.2 Å². The summed E-state index contributed by atoms with van der Waals surface area (Å²) in [5, 5.41) is 1.31. The van der Waals surface area contributed by atoms with Gasteiger partial charge in [-0.3, -0.25) is 14.5 Å². The maximum atomic E-state index is 13.9. The van der Waals surface area contributed by atoms with E-state index in [0.717, 1.165) is 51.5 Å². The Hall–Kier alpha value is -3.19. The zero-order chi connectivity index (χ0) is 26.6. The van der Waals surface area contributed by atoms with Gasteiger partial charge in [-0.15, -0.1) is 11.3 Å². The summed E-state index contributed by atoms with van der Waals surface area (Å²) in [4.78, 5) is 28.5. The van der Waals surface area contributed by atoms with Crippen molar-refractivity contribution in [2.75, 3.05) is 26.2 Å². The zero-order valence-corrected chi connectivity index (χ0v) is 23.2. The Morgan fingerprint density at radius 2 is 1.68 bits per heavy atom. The fourth-order valence-electron chi connectivity index (χ4n) is 4.85. The van der Waals surface area contributed by atoms with Crippen LogP contribution in [0.25, 0.3) is 20.5 Å². The highest BCUT2D eigenvalue weighted by molar-refractivity contribution is 7.22. The highest BCUT2D eigenvalue weighted by Crippen LogP contribution is 2.43. The molecule has 5 rings (SSSR count). The van der Waals surface area contributed by atoms with Crippen LogP contribution in [0.5, 0.6) is 11.5 Å². The number of fused-ring (bicyclic) bond motifs is 1. The Kier molecular flexibility index (Phi) is 8.12. The molecule has 1 saturated heterocycles. The van der Waals surface area contributed by atoms with Crippen molar-refractivity contribution >= 4 is 44.8 Å². The molecule has 0 bridgehead atoms. The second kappa shape index (κ2) is 11.7. The molecule has 0 radical (unpaired) electrons. The molecular weight excluding hydrogens is 518 g/mol. The van der Waals surface area contributed by atoms with Crippen molar-refractivity contribution in [1.29, 1.82) is 0 Å². The van der Waals surface area contributed by atoms with Crippen molar-refractivity contribution < 1.29 is 19.1 Å². The minimum atomic E-state index is -0.416. The largest absolute Gasteiger partial charge is 0.492 e. The van der Waals surface area contributed by atoms with Gasteiger partial charge < -0.3 is 9.47 Å². The summed E-state index contributed by atoms with van der Waals surface area (Å²) in [6.07, 6.45) is 3.84. The first kappa shape index (κ1) is 26.4. The number of piperidine rings is 1. The maximum Gasteiger partial charge on any atom is 0.308 e. The summed E-state index contributed by atoms with van der Waals surface area (Å²) >= 11 is 8.17. The predicted molar refractivity (Wildman–Crippen MR) is 154 cm³/mol. The molecule has 38 heavy (non-hydrogen) atoms. The Morgan fingerprint density at radius 3 is 2.39 bits per heavy atom. The van der Waals surface area contributed by atoms with E-state index in [1.807, 2.05) is 43.3 Å². The lowest BCUT2D eigenvalue weighted by molar-refractivity contribution is -0.131. The summed E-state index contributed by atoms with van der Waals surface area (Å²) < 4.78 is 12.2. The van der Waals surface area contributed by atoms with Gasteiger partial charge in [0.15, 0.2) is 5.78 Å². The van der Waals surface area contributed by atoms with Crippen molar-refractivity contribution in [2.45, 2.75) is 33.1 Å². The lowest BCUT2D eigenvalue weighted by atomic mass is 9.97. The summed E-state index contributed by atoms with van der Waals surface area (Å²) in [5.74, 6) is 0.636. The van der Waals surface area contributed by atoms with Crippen molar-refractivity contribution in [3.05, 3.63) is 82.4 Å². The SMILES string of the molecule is CC(=O)Oc1ccc(-c2sc3cc(C)ccc3c2C(=O)c2ccc(OCCN3CCCCC3)cc2)c(Cl)c1. The van der Waals surface area contributed by atoms with Gasteiger partial charge >= 0.3 is 5.97 Å². The molecule has 2 heterocycles. The van der Waals surface area contributed by atoms with E-state index in [-0.39, 0.29) is 5.78 Å². The molecule has 0 unspecified atom stereocenters. The highest BCUT2D eigenvalue weighted by Gasteiger charge is 2.23. The second-order valence-corrected chi connectivity index (χ2v) is 11.1. The van der Waals surface area contributed by atoms with E-state index in [9.17, 15) is 9.59 Å². The van der Waals surface area contributed by atoms with Gasteiger partial charge in [-0.1, -0.05) is 30.2 Å². The number of nitrogens with zero attached hydrogens (tertiary/aromatic N) is 1. The topological polar surface area (TPSA) is 55.8 Å². The molecule has 0 saturated carbocycles. The molecule has 196 valence electrons. The van der Waals surface area contributed by atoms with Crippen molar-refractivity contribution in [3.63, 3.8) is 0 Å². The molecular formula is C31H30ClNO4S. The molecule has 0 spiro atoms. The van der Waals surface area contributed by atoms with Gasteiger partial charge in [0.05, 0.1) is 5.02 Å². The standard InChI is InChI=1S/C31H30ClNO4S/c1-20-6-12-26-28(18-20)38-31(25-13-11-24(19-27(25)32)37-21(2)34)29(26)30(35)22-7-9-23(10-8-22)36-17-16-33-14-4-3-5-15-33/h6-13,18-19H,3-5,14-17H2,1-2H3. The van der Waals surface area contributed by atoms with Gasteiger partial charge in [-0.2, -0.15) is 0 Å². The van der Waals surface area contributed by atoms with Crippen LogP contribution in [0.15, 0.2) is 60.7 Å². The van der Waals surface area contributed by atoms with Crippen LogP contribution >= 0.6 is 22.9 Å². The summed E-state index contributed by atoms with van der Waals surface area (Å²) in [6, 6.07) is 18.6. The molecule has 1 aliphatic rings. The van der Waals surface area contributed by atoms with E-state index >= 15 is 0 Å². The number of carbonyl (C=O) groups excluding carboxylic acids is 2. The van der Waals surface area contributed by atoms with Crippen molar-refractivity contribution in [2.24, 2.45) is 0 Å². The van der Waals surface area contributed by atoms with E-state index < -0.39 is 5.97 Å². The first-order valence-electron chi connectivity index (χ1n) is 12.9. The molecule has 0 aliphatic carbocycles. The molecule has 1 fully saturated rings. The van der Waals surface area contributed by atoms with Crippen LogP contribution in [-0.4, -0.2) is 42.9 Å². The van der Waals surface area contributed by atoms with Crippen LogP contribution < -0.4 is 9.47 Å². The quantitative estimate of drug-likeness (QED) is 0.129. The maximum absolute atomic E-state index is 13.9. The Morgan fingerprint density at radius 1 is 0.947 bits per heavy atom. The lowest BCUT2D eigenvalue weighted by Crippen LogP contribution is -2.33. The molecule has 7 heteroatoms. The van der Waals surface area contributed by atoms with Crippen LogP contribution in [0.4, 0.5) is 0 Å². The third-order valence-electron chi connectivity index (χ3n) is 6.76. The summed E-state index contributed by atoms with van der Waals surface area (Å²) in [5.41, 5.74) is 3.04. The van der Waals surface area contributed by atoms with E-state index in [4.69, 9.17) is 21.1 Å². The van der Waals surface area contributed by atoms with Crippen molar-refractivity contribution in [1.82, 2.24) is 4.90 Å². The first-order chi connectivity index (χ1) is 18.4. The Balaban J connectivity index is 1.42. The van der Waals surface area contributed by atoms with Gasteiger partial charge in [-0.25, -0.2) is 0 Å². The monoisotopic (exact) mass is 547 g/mol. The summed E-state index contributed by atoms with van der Waals surface area (Å²) in [7, 11) is 0. The van der Waals surface area contributed by atoms with Crippen molar-refractivity contribution in [3.8, 4) is 21.9 Å². The van der Waals surface area contributed by atoms with Gasteiger partial charge in [0.2, 0.25) is 0 Å². The Labute approximate surface area is 231 Å². The molecule has 0 atom stereocenters. The second-order valence-electron chi connectivity index (χ2n) is 9.65. The van der Waals surface area contributed by atoms with Crippen LogP contribution in [0, 0.1) is 6.92 Å². The number of ketones is 1. The number of aryl methyl sites for hydroxylation is 1. The van der Waals surface area contributed by atoms with Gasteiger partial charge in [-0.05, 0) is 80.9 Å². The zero-order valence-electron chi connectivity index (χ0n) is 21.6. The number of carbonyl (C=O) groups is 2.